The molecule has 0 aromatic heterocycles. The average Bonchev–Trinajstić information content (AvgIpc) is 3.02. The Morgan fingerprint density at radius 1 is 0.907 bits per heavy atom. The molecule has 2 aromatic rings. The van der Waals surface area contributed by atoms with Crippen LogP contribution in [0.1, 0.15) is 56.1 Å². The predicted octanol–water partition coefficient (Wildman–Crippen LogP) is 5.04. The van der Waals surface area contributed by atoms with Crippen LogP contribution in [-0.4, -0.2) is 63.7 Å². The molecule has 0 aliphatic carbocycles. The molecule has 2 heterocycles. The number of esters is 2. The van der Waals surface area contributed by atoms with Gasteiger partial charge in [-0.05, 0) is 93.6 Å². The molecule has 0 bridgehead atoms. The lowest BCUT2D eigenvalue weighted by Gasteiger charge is -2.32. The number of hydrogen-bond acceptors (Lipinski definition) is 8. The molecule has 43 heavy (non-hydrogen) atoms. The minimum absolute atomic E-state index is 0.251. The van der Waals surface area contributed by atoms with E-state index in [1.807, 2.05) is 18.2 Å². The number of likely N-dealkylation sites (tertiary alicyclic amines) is 1. The maximum atomic E-state index is 12.8. The number of carbonyl (C=O) groups excluding carboxylic acids is 3. The molecule has 1 saturated heterocycles. The highest BCUT2D eigenvalue weighted by molar-refractivity contribution is 6.01. The normalized spacial score (nSPS) is 16.7. The van der Waals surface area contributed by atoms with Crippen molar-refractivity contribution in [1.82, 2.24) is 10.2 Å². The van der Waals surface area contributed by atoms with Gasteiger partial charge in [-0.3, -0.25) is 4.79 Å². The van der Waals surface area contributed by atoms with Crippen molar-refractivity contribution < 1.29 is 28.6 Å². The fourth-order valence-electron chi connectivity index (χ4n) is 5.90. The lowest BCUT2D eigenvalue weighted by Crippen LogP contribution is -2.33. The zero-order valence-corrected chi connectivity index (χ0v) is 25.6. The third-order valence-corrected chi connectivity index (χ3v) is 8.09. The van der Waals surface area contributed by atoms with Crippen LogP contribution in [0.15, 0.2) is 83.2 Å². The number of rotatable bonds is 10. The molecule has 1 amide bonds. The highest BCUT2D eigenvalue weighted by Crippen LogP contribution is 2.40. The van der Waals surface area contributed by atoms with Gasteiger partial charge in [-0.25, -0.2) is 9.59 Å². The number of piperidine rings is 1. The second-order valence-corrected chi connectivity index (χ2v) is 10.8. The topological polar surface area (TPSA) is 106 Å². The summed E-state index contributed by atoms with van der Waals surface area (Å²) in [4.78, 5) is 40.7. The van der Waals surface area contributed by atoms with E-state index in [0.717, 1.165) is 44.6 Å². The van der Waals surface area contributed by atoms with E-state index in [2.05, 4.69) is 33.7 Å². The molecule has 2 aromatic carbocycles. The molecule has 0 radical (unpaired) electrons. The van der Waals surface area contributed by atoms with Gasteiger partial charge in [-0.15, -0.1) is 0 Å². The van der Waals surface area contributed by atoms with Crippen LogP contribution < -0.4 is 15.4 Å². The summed E-state index contributed by atoms with van der Waals surface area (Å²) in [5, 5.41) is 6.00. The molecule has 2 N–H and O–H groups in total. The van der Waals surface area contributed by atoms with Crippen LogP contribution in [0.2, 0.25) is 0 Å². The number of methoxy groups -OCH3 is 3. The second kappa shape index (κ2) is 14.7. The Morgan fingerprint density at radius 3 is 2.16 bits per heavy atom. The van der Waals surface area contributed by atoms with Crippen LogP contribution in [0, 0.1) is 0 Å². The van der Waals surface area contributed by atoms with Gasteiger partial charge < -0.3 is 29.7 Å². The largest absolute Gasteiger partial charge is 0.497 e. The first-order valence-electron chi connectivity index (χ1n) is 14.5. The maximum absolute atomic E-state index is 12.8. The van der Waals surface area contributed by atoms with E-state index < -0.39 is 17.9 Å². The minimum atomic E-state index is -0.721. The van der Waals surface area contributed by atoms with Crippen molar-refractivity contribution in [3.63, 3.8) is 0 Å². The molecule has 2 aliphatic rings. The Hall–Kier alpha value is -4.37. The number of carbonyl (C=O) groups is 3. The first kappa shape index (κ1) is 31.6. The Bertz CT molecular complexity index is 1400. The Labute approximate surface area is 253 Å². The molecule has 9 heteroatoms. The summed E-state index contributed by atoms with van der Waals surface area (Å²) in [7, 11) is 4.30. The molecular weight excluding hydrogens is 546 g/mol. The van der Waals surface area contributed by atoms with E-state index in [-0.39, 0.29) is 5.91 Å². The average molecular weight is 588 g/mol. The van der Waals surface area contributed by atoms with Gasteiger partial charge in [0.25, 0.3) is 0 Å². The lowest BCUT2D eigenvalue weighted by molar-refractivity contribution is -0.137. The second-order valence-electron chi connectivity index (χ2n) is 10.8. The van der Waals surface area contributed by atoms with Gasteiger partial charge in [0, 0.05) is 23.6 Å². The smallest absolute Gasteiger partial charge is 0.336 e. The van der Waals surface area contributed by atoms with Crippen molar-refractivity contribution in [3.8, 4) is 5.75 Å². The van der Waals surface area contributed by atoms with Gasteiger partial charge in [0.05, 0.1) is 38.4 Å². The van der Waals surface area contributed by atoms with E-state index in [4.69, 9.17) is 14.2 Å². The Kier molecular flexibility index (Phi) is 10.8. The fraction of sp³-hybridized carbons (Fsp3) is 0.382. The monoisotopic (exact) mass is 587 g/mol. The third-order valence-electron chi connectivity index (χ3n) is 8.09. The number of ether oxygens (including phenoxy) is 3. The molecule has 4 rings (SSSR count). The third kappa shape index (κ3) is 7.73. The predicted molar refractivity (Wildman–Crippen MR) is 166 cm³/mol. The SMILES string of the molecule is COC(=O)C1=C(C)NC(C)=C(C(=O)OC)C1c1cccc(NC(=O)/C=C/CCN2CCC(c3cccc(OC)c3)CC2)c1. The quantitative estimate of drug-likeness (QED) is 0.294. The van der Waals surface area contributed by atoms with Crippen LogP contribution in [0.4, 0.5) is 5.69 Å². The summed E-state index contributed by atoms with van der Waals surface area (Å²) in [6.45, 7) is 6.46. The molecule has 0 spiro atoms. The first-order valence-corrected chi connectivity index (χ1v) is 14.5. The number of hydrogen-bond donors (Lipinski definition) is 2. The number of amides is 1. The van der Waals surface area contributed by atoms with Gasteiger partial charge in [-0.1, -0.05) is 30.3 Å². The van der Waals surface area contributed by atoms with E-state index in [1.165, 1.54) is 19.8 Å². The van der Waals surface area contributed by atoms with Crippen molar-refractivity contribution in [2.45, 2.75) is 44.9 Å². The molecule has 9 nitrogen and oxygen atoms in total. The highest BCUT2D eigenvalue weighted by Gasteiger charge is 2.37. The van der Waals surface area contributed by atoms with Crippen molar-refractivity contribution in [2.24, 2.45) is 0 Å². The van der Waals surface area contributed by atoms with E-state index in [0.29, 0.717) is 39.7 Å². The molecular formula is C34H41N3O6. The van der Waals surface area contributed by atoms with E-state index >= 15 is 0 Å². The molecule has 0 unspecified atom stereocenters. The van der Waals surface area contributed by atoms with Crippen LogP contribution in [-0.2, 0) is 23.9 Å². The summed E-state index contributed by atoms with van der Waals surface area (Å²) < 4.78 is 15.4. The van der Waals surface area contributed by atoms with Crippen LogP contribution in [0.3, 0.4) is 0 Å². The zero-order valence-electron chi connectivity index (χ0n) is 25.6. The van der Waals surface area contributed by atoms with Crippen molar-refractivity contribution in [2.75, 3.05) is 46.3 Å². The summed E-state index contributed by atoms with van der Waals surface area (Å²) in [6, 6.07) is 15.5. The standard InChI is InChI=1S/C34H41N3O6/c1-22-30(33(39)42-4)32(31(23(2)35-22)34(40)43-5)26-11-8-12-27(20-26)36-29(38)14-6-7-17-37-18-15-24(16-19-37)25-10-9-13-28(21-25)41-3/h6,8-14,20-21,24,32,35H,7,15-19H2,1-5H3,(H,36,38)/b14-6+. The molecule has 228 valence electrons. The molecule has 1 fully saturated rings. The van der Waals surface area contributed by atoms with Gasteiger partial charge >= 0.3 is 11.9 Å². The summed E-state index contributed by atoms with van der Waals surface area (Å²) >= 11 is 0. The maximum Gasteiger partial charge on any atom is 0.336 e. The van der Waals surface area contributed by atoms with Crippen molar-refractivity contribution >= 4 is 23.5 Å². The Balaban J connectivity index is 1.35. The van der Waals surface area contributed by atoms with Crippen molar-refractivity contribution in [1.29, 1.82) is 0 Å². The summed E-state index contributed by atoms with van der Waals surface area (Å²) in [5.74, 6) is -0.631. The number of benzene rings is 2. The van der Waals surface area contributed by atoms with E-state index in [9.17, 15) is 14.4 Å². The zero-order chi connectivity index (χ0) is 30.9. The number of nitrogens with zero attached hydrogens (tertiary/aromatic N) is 1. The molecule has 0 atom stereocenters. The number of dihydropyridines is 1. The van der Waals surface area contributed by atoms with Crippen LogP contribution in [0.25, 0.3) is 0 Å². The first-order chi connectivity index (χ1) is 20.7. The Morgan fingerprint density at radius 2 is 1.53 bits per heavy atom. The summed E-state index contributed by atoms with van der Waals surface area (Å²) in [5.41, 5.74) is 4.33. The van der Waals surface area contributed by atoms with Gasteiger partial charge in [-0.2, -0.15) is 0 Å². The minimum Gasteiger partial charge on any atom is -0.497 e. The van der Waals surface area contributed by atoms with Gasteiger partial charge in [0.15, 0.2) is 0 Å². The lowest BCUT2D eigenvalue weighted by atomic mass is 9.80. The number of anilines is 1. The number of allylic oxidation sites excluding steroid dienone is 2. The van der Waals surface area contributed by atoms with Gasteiger partial charge in [0.2, 0.25) is 5.91 Å². The van der Waals surface area contributed by atoms with Crippen LogP contribution in [0.5, 0.6) is 5.75 Å². The number of nitrogens with one attached hydrogen (secondary N) is 2. The van der Waals surface area contributed by atoms with Crippen molar-refractivity contribution in [3.05, 3.63) is 94.4 Å². The fourth-order valence-corrected chi connectivity index (χ4v) is 5.90. The summed E-state index contributed by atoms with van der Waals surface area (Å²) in [6.07, 6.45) is 6.41. The molecule has 0 saturated carbocycles. The van der Waals surface area contributed by atoms with E-state index in [1.54, 1.807) is 45.2 Å². The van der Waals surface area contributed by atoms with Crippen LogP contribution >= 0.6 is 0 Å². The molecule has 2 aliphatic heterocycles. The van der Waals surface area contributed by atoms with Gasteiger partial charge in [0.1, 0.15) is 5.75 Å². The highest BCUT2D eigenvalue weighted by atomic mass is 16.5.